The summed E-state index contributed by atoms with van der Waals surface area (Å²) < 4.78 is 80.7. The van der Waals surface area contributed by atoms with Gasteiger partial charge in [0.15, 0.2) is 5.17 Å². The van der Waals surface area contributed by atoms with E-state index in [1.54, 1.807) is 30.5 Å². The molecule has 32 heavy (non-hydrogen) atoms. The Kier molecular flexibility index (Phi) is 5.32. The van der Waals surface area contributed by atoms with Crippen LogP contribution in [0.4, 0.5) is 26.3 Å². The van der Waals surface area contributed by atoms with E-state index in [2.05, 4.69) is 5.32 Å². The van der Waals surface area contributed by atoms with E-state index in [1.807, 2.05) is 0 Å². The summed E-state index contributed by atoms with van der Waals surface area (Å²) in [5, 5.41) is 10.5. The molecular formula is C21H13F6N3OS. The number of nitrogens with one attached hydrogen (secondary N) is 2. The van der Waals surface area contributed by atoms with Crippen molar-refractivity contribution in [2.45, 2.75) is 18.9 Å². The fraction of sp³-hybridized carbons (Fsp3) is 0.143. The molecule has 0 spiro atoms. The normalized spacial score (nSPS) is 16.2. The highest BCUT2D eigenvalue weighted by molar-refractivity contribution is 8.18. The Bertz CT molecular complexity index is 1240. The second-order valence-electron chi connectivity index (χ2n) is 7.04. The molecule has 11 heteroatoms. The van der Waals surface area contributed by atoms with E-state index in [9.17, 15) is 31.1 Å². The Labute approximate surface area is 181 Å². The summed E-state index contributed by atoms with van der Waals surface area (Å²) in [5.41, 5.74) is -1.79. The molecule has 0 radical (unpaired) electrons. The summed E-state index contributed by atoms with van der Waals surface area (Å²) in [6.45, 7) is -0.244. The third-order valence-corrected chi connectivity index (χ3v) is 5.60. The molecule has 1 fully saturated rings. The summed E-state index contributed by atoms with van der Waals surface area (Å²) >= 11 is 0.924. The number of benzene rings is 2. The summed E-state index contributed by atoms with van der Waals surface area (Å²) in [5.74, 6) is -0.454. The highest BCUT2D eigenvalue weighted by Gasteiger charge is 2.37. The molecule has 1 saturated heterocycles. The van der Waals surface area contributed by atoms with E-state index in [0.717, 1.165) is 11.8 Å². The topological polar surface area (TPSA) is 57.9 Å². The van der Waals surface area contributed by atoms with Gasteiger partial charge >= 0.3 is 12.4 Å². The number of alkyl halides is 6. The van der Waals surface area contributed by atoms with Gasteiger partial charge in [0.05, 0.1) is 16.0 Å². The number of amides is 1. The van der Waals surface area contributed by atoms with Crippen LogP contribution in [0.15, 0.2) is 53.6 Å². The molecule has 0 saturated carbocycles. The largest absolute Gasteiger partial charge is 0.416 e. The fourth-order valence-electron chi connectivity index (χ4n) is 3.41. The average Bonchev–Trinajstić information content (AvgIpc) is 3.20. The molecule has 166 valence electrons. The lowest BCUT2D eigenvalue weighted by Gasteiger charge is -2.15. The molecule has 2 N–H and O–H groups in total. The van der Waals surface area contributed by atoms with Crippen molar-refractivity contribution in [1.29, 1.82) is 5.41 Å². The lowest BCUT2D eigenvalue weighted by atomic mass is 10.0. The second kappa shape index (κ2) is 7.73. The Morgan fingerprint density at radius 2 is 1.62 bits per heavy atom. The van der Waals surface area contributed by atoms with Crippen LogP contribution >= 0.6 is 11.8 Å². The predicted molar refractivity (Wildman–Crippen MR) is 109 cm³/mol. The Morgan fingerprint density at radius 1 is 1.00 bits per heavy atom. The number of aromatic nitrogens is 1. The molecule has 1 amide bonds. The predicted octanol–water partition coefficient (Wildman–Crippen LogP) is 5.87. The van der Waals surface area contributed by atoms with Gasteiger partial charge in [0.2, 0.25) is 0 Å². The monoisotopic (exact) mass is 469 g/mol. The smallest absolute Gasteiger partial charge is 0.342 e. The first-order valence-electron chi connectivity index (χ1n) is 9.07. The van der Waals surface area contributed by atoms with Gasteiger partial charge in [-0.25, -0.2) is 0 Å². The highest BCUT2D eigenvalue weighted by Crippen LogP contribution is 2.37. The zero-order valence-corrected chi connectivity index (χ0v) is 16.8. The minimum atomic E-state index is -4.93. The van der Waals surface area contributed by atoms with Gasteiger partial charge in [-0.05, 0) is 47.7 Å². The van der Waals surface area contributed by atoms with Crippen LogP contribution in [0.5, 0.6) is 0 Å². The zero-order chi connectivity index (χ0) is 23.3. The lowest BCUT2D eigenvalue weighted by Crippen LogP contribution is -2.18. The van der Waals surface area contributed by atoms with Crippen LogP contribution in [0.25, 0.3) is 17.0 Å². The number of halogens is 6. The fourth-order valence-corrected chi connectivity index (χ4v) is 4.10. The molecule has 0 bridgehead atoms. The molecule has 0 aliphatic carbocycles. The van der Waals surface area contributed by atoms with Gasteiger partial charge in [-0.15, -0.1) is 0 Å². The van der Waals surface area contributed by atoms with Crippen molar-refractivity contribution >= 4 is 39.8 Å². The summed E-state index contributed by atoms with van der Waals surface area (Å²) in [4.78, 5) is 12.2. The molecule has 0 unspecified atom stereocenters. The van der Waals surface area contributed by atoms with Gasteiger partial charge in [-0.1, -0.05) is 18.2 Å². The van der Waals surface area contributed by atoms with Gasteiger partial charge < -0.3 is 9.88 Å². The van der Waals surface area contributed by atoms with Crippen LogP contribution in [-0.2, 0) is 23.7 Å². The van der Waals surface area contributed by atoms with Crippen LogP contribution in [0.1, 0.15) is 22.3 Å². The third kappa shape index (κ3) is 4.38. The lowest BCUT2D eigenvalue weighted by molar-refractivity contribution is -0.143. The number of hydrogen-bond donors (Lipinski definition) is 2. The number of carbonyl (C=O) groups excluding carboxylic acids is 1. The van der Waals surface area contributed by atoms with Crippen LogP contribution < -0.4 is 5.32 Å². The van der Waals surface area contributed by atoms with E-state index in [4.69, 9.17) is 5.41 Å². The van der Waals surface area contributed by atoms with Crippen molar-refractivity contribution in [2.24, 2.45) is 0 Å². The van der Waals surface area contributed by atoms with Gasteiger partial charge in [0.25, 0.3) is 5.91 Å². The van der Waals surface area contributed by atoms with Crippen LogP contribution in [-0.4, -0.2) is 15.6 Å². The molecular weight excluding hydrogens is 456 g/mol. The van der Waals surface area contributed by atoms with Crippen molar-refractivity contribution in [3.63, 3.8) is 0 Å². The molecule has 4 nitrogen and oxygen atoms in total. The molecule has 3 aromatic rings. The van der Waals surface area contributed by atoms with Gasteiger partial charge in [0.1, 0.15) is 0 Å². The second-order valence-corrected chi connectivity index (χ2v) is 8.09. The Hall–Kier alpha value is -3.21. The number of nitrogens with zero attached hydrogens (tertiary/aromatic N) is 1. The van der Waals surface area contributed by atoms with Gasteiger partial charge in [0, 0.05) is 29.2 Å². The molecule has 1 aliphatic heterocycles. The van der Waals surface area contributed by atoms with E-state index in [0.29, 0.717) is 28.6 Å². The third-order valence-electron chi connectivity index (χ3n) is 4.77. The first-order valence-corrected chi connectivity index (χ1v) is 9.89. The molecule has 4 rings (SSSR count). The first-order chi connectivity index (χ1) is 14.9. The average molecular weight is 469 g/mol. The summed E-state index contributed by atoms with van der Waals surface area (Å²) in [6, 6.07) is 8.32. The van der Waals surface area contributed by atoms with Crippen LogP contribution in [0.2, 0.25) is 0 Å². The number of amidine groups is 1. The van der Waals surface area contributed by atoms with Crippen LogP contribution in [0.3, 0.4) is 0 Å². The first kappa shape index (κ1) is 22.0. The molecule has 1 aliphatic rings. The maximum Gasteiger partial charge on any atom is 0.416 e. The number of thioether (sulfide) groups is 1. The highest BCUT2D eigenvalue weighted by atomic mass is 32.2. The molecule has 2 heterocycles. The van der Waals surface area contributed by atoms with E-state index < -0.39 is 29.4 Å². The molecule has 2 aromatic carbocycles. The summed E-state index contributed by atoms with van der Waals surface area (Å²) in [7, 11) is 0. The van der Waals surface area contributed by atoms with E-state index >= 15 is 0 Å². The minimum absolute atomic E-state index is 0.0337. The van der Waals surface area contributed by atoms with Crippen molar-refractivity contribution in [1.82, 2.24) is 9.88 Å². The van der Waals surface area contributed by atoms with Gasteiger partial charge in [-0.3, -0.25) is 10.2 Å². The molecule has 1 aromatic heterocycles. The Balaban J connectivity index is 1.80. The zero-order valence-electron chi connectivity index (χ0n) is 15.9. The SMILES string of the molecule is N=C1NC(=O)C(=Cc2cn(Cc3cc(C(F)(F)F)cc(C(F)(F)F)c3)c3ccccc23)S1. The van der Waals surface area contributed by atoms with E-state index in [1.165, 1.54) is 10.6 Å². The van der Waals surface area contributed by atoms with Gasteiger partial charge in [-0.2, -0.15) is 26.3 Å². The number of rotatable bonds is 3. The standard InChI is InChI=1S/C21H13F6N3OS/c22-20(23,24)13-5-11(6-14(8-13)21(25,26)27)9-30-10-12(15-3-1-2-4-16(15)30)7-17-18(31)29-19(28)32-17/h1-8,10H,9H2,(H2,28,29,31). The maximum absolute atomic E-state index is 13.2. The quantitative estimate of drug-likeness (QED) is 0.373. The summed E-state index contributed by atoms with van der Waals surface area (Å²) in [6.07, 6.45) is -6.77. The van der Waals surface area contributed by atoms with Crippen molar-refractivity contribution < 1.29 is 31.1 Å². The van der Waals surface area contributed by atoms with Crippen molar-refractivity contribution in [3.05, 3.63) is 75.8 Å². The van der Waals surface area contributed by atoms with Crippen molar-refractivity contribution in [2.75, 3.05) is 0 Å². The number of hydrogen-bond acceptors (Lipinski definition) is 3. The number of carbonyl (C=O) groups is 1. The number of para-hydroxylation sites is 1. The van der Waals surface area contributed by atoms with Crippen LogP contribution in [0, 0.1) is 5.41 Å². The van der Waals surface area contributed by atoms with E-state index in [-0.39, 0.29) is 28.2 Å². The molecule has 0 atom stereocenters. The number of fused-ring (bicyclic) bond motifs is 1. The minimum Gasteiger partial charge on any atom is -0.342 e. The Morgan fingerprint density at radius 3 is 2.19 bits per heavy atom. The van der Waals surface area contributed by atoms with Crippen molar-refractivity contribution in [3.8, 4) is 0 Å². The maximum atomic E-state index is 13.2.